The Hall–Kier alpha value is -2.31. The molecule has 1 aliphatic rings. The van der Waals surface area contributed by atoms with E-state index in [1.165, 1.54) is 0 Å². The smallest absolute Gasteiger partial charge is 0.262 e. The van der Waals surface area contributed by atoms with Crippen molar-refractivity contribution in [2.45, 2.75) is 30.6 Å². The number of benzene rings is 2. The fraction of sp³-hybridized carbons (Fsp3) is 0.211. The third kappa shape index (κ3) is 3.34. The molecule has 5 nitrogen and oxygen atoms in total. The summed E-state index contributed by atoms with van der Waals surface area (Å²) in [6.07, 6.45) is 3.83. The van der Waals surface area contributed by atoms with Gasteiger partial charge in [-0.05, 0) is 43.5 Å². The fourth-order valence-electron chi connectivity index (χ4n) is 2.73. The van der Waals surface area contributed by atoms with Gasteiger partial charge in [-0.3, -0.25) is 4.72 Å². The molecule has 0 unspecified atom stereocenters. The third-order valence-corrected chi connectivity index (χ3v) is 6.17. The average Bonchev–Trinajstić information content (AvgIpc) is 3.34. The molecule has 0 atom stereocenters. The highest BCUT2D eigenvalue weighted by Crippen LogP contribution is 2.40. The second-order valence-corrected chi connectivity index (χ2v) is 8.46. The van der Waals surface area contributed by atoms with E-state index in [2.05, 4.69) is 9.71 Å². The Morgan fingerprint density at radius 2 is 1.96 bits per heavy atom. The van der Waals surface area contributed by atoms with Crippen LogP contribution in [0.5, 0.6) is 0 Å². The molecule has 4 rings (SSSR count). The number of halogens is 1. The van der Waals surface area contributed by atoms with Gasteiger partial charge >= 0.3 is 0 Å². The minimum Gasteiger partial charge on any atom is -0.440 e. The van der Waals surface area contributed by atoms with Gasteiger partial charge < -0.3 is 4.42 Å². The Morgan fingerprint density at radius 1 is 1.19 bits per heavy atom. The summed E-state index contributed by atoms with van der Waals surface area (Å²) < 4.78 is 34.1. The monoisotopic (exact) mass is 388 g/mol. The van der Waals surface area contributed by atoms with Gasteiger partial charge in [0.2, 0.25) is 0 Å². The first-order valence-corrected chi connectivity index (χ1v) is 10.1. The van der Waals surface area contributed by atoms with Gasteiger partial charge in [-0.1, -0.05) is 35.9 Å². The number of nitrogens with one attached hydrogen (secondary N) is 1. The van der Waals surface area contributed by atoms with E-state index in [1.54, 1.807) is 49.5 Å². The van der Waals surface area contributed by atoms with E-state index in [1.807, 2.05) is 6.07 Å². The largest absolute Gasteiger partial charge is 0.440 e. The first-order valence-electron chi connectivity index (χ1n) is 8.28. The standard InChI is InChI=1S/C19H17ClN2O3S/c1-12-6-7-14(17-11-21-19(25-17)13-8-9-13)10-18(12)26(23,24)22-16-5-3-2-4-15(16)20/h2-7,10-11,13,22H,8-9H2,1H3. The van der Waals surface area contributed by atoms with E-state index >= 15 is 0 Å². The SMILES string of the molecule is Cc1ccc(-c2cnc(C3CC3)o2)cc1S(=O)(=O)Nc1ccccc1Cl. The molecule has 7 heteroatoms. The first-order chi connectivity index (χ1) is 12.4. The number of nitrogens with zero attached hydrogens (tertiary/aromatic N) is 1. The van der Waals surface area contributed by atoms with Gasteiger partial charge in [0.05, 0.1) is 21.8 Å². The predicted molar refractivity (Wildman–Crippen MR) is 101 cm³/mol. The Morgan fingerprint density at radius 3 is 2.69 bits per heavy atom. The van der Waals surface area contributed by atoms with Crippen LogP contribution in [0.2, 0.25) is 5.02 Å². The van der Waals surface area contributed by atoms with Crippen LogP contribution in [0.25, 0.3) is 11.3 Å². The number of sulfonamides is 1. The summed E-state index contributed by atoms with van der Waals surface area (Å²) in [5, 5.41) is 0.342. The molecule has 0 saturated heterocycles. The van der Waals surface area contributed by atoms with Crippen molar-refractivity contribution in [2.24, 2.45) is 0 Å². The molecule has 0 spiro atoms. The van der Waals surface area contributed by atoms with E-state index in [0.717, 1.165) is 18.7 Å². The lowest BCUT2D eigenvalue weighted by atomic mass is 10.1. The van der Waals surface area contributed by atoms with E-state index in [0.29, 0.717) is 33.5 Å². The maximum Gasteiger partial charge on any atom is 0.262 e. The van der Waals surface area contributed by atoms with Crippen molar-refractivity contribution in [2.75, 3.05) is 4.72 Å². The lowest BCUT2D eigenvalue weighted by Crippen LogP contribution is -2.14. The Bertz CT molecular complexity index is 1070. The number of hydrogen-bond acceptors (Lipinski definition) is 4. The maximum absolute atomic E-state index is 12.9. The molecule has 0 radical (unpaired) electrons. The molecular formula is C19H17ClN2O3S. The summed E-state index contributed by atoms with van der Waals surface area (Å²) in [7, 11) is -3.79. The number of para-hydroxylation sites is 1. The van der Waals surface area contributed by atoms with Crippen LogP contribution in [0.4, 0.5) is 5.69 Å². The normalized spacial score (nSPS) is 14.4. The Kier molecular flexibility index (Phi) is 4.25. The summed E-state index contributed by atoms with van der Waals surface area (Å²) in [4.78, 5) is 4.48. The molecule has 0 amide bonds. The van der Waals surface area contributed by atoms with Crippen LogP contribution in [0.15, 0.2) is 58.0 Å². The molecule has 0 aliphatic heterocycles. The molecule has 0 bridgehead atoms. The van der Waals surface area contributed by atoms with Gasteiger partial charge in [0.15, 0.2) is 11.7 Å². The van der Waals surface area contributed by atoms with Gasteiger partial charge in [-0.15, -0.1) is 0 Å². The van der Waals surface area contributed by atoms with Crippen LogP contribution >= 0.6 is 11.6 Å². The molecule has 1 saturated carbocycles. The van der Waals surface area contributed by atoms with Crippen LogP contribution in [-0.2, 0) is 10.0 Å². The summed E-state index contributed by atoms with van der Waals surface area (Å²) in [6, 6.07) is 11.9. The zero-order valence-corrected chi connectivity index (χ0v) is 15.6. The van der Waals surface area contributed by atoms with Gasteiger partial charge in [0.25, 0.3) is 10.0 Å². The average molecular weight is 389 g/mol. The van der Waals surface area contributed by atoms with Gasteiger partial charge in [-0.25, -0.2) is 13.4 Å². The summed E-state index contributed by atoms with van der Waals surface area (Å²) in [6.45, 7) is 1.75. The number of aryl methyl sites for hydroxylation is 1. The zero-order valence-electron chi connectivity index (χ0n) is 14.1. The molecule has 1 aliphatic carbocycles. The number of aromatic nitrogens is 1. The van der Waals surface area contributed by atoms with E-state index < -0.39 is 10.0 Å². The maximum atomic E-state index is 12.9. The van der Waals surface area contributed by atoms with Gasteiger partial charge in [0.1, 0.15) is 0 Å². The number of anilines is 1. The highest BCUT2D eigenvalue weighted by Gasteiger charge is 2.29. The topological polar surface area (TPSA) is 72.2 Å². The quantitative estimate of drug-likeness (QED) is 0.668. The van der Waals surface area contributed by atoms with E-state index in [-0.39, 0.29) is 4.90 Å². The minimum atomic E-state index is -3.79. The first kappa shape index (κ1) is 17.1. The van der Waals surface area contributed by atoms with Crippen molar-refractivity contribution in [3.05, 3.63) is 65.1 Å². The van der Waals surface area contributed by atoms with Crippen molar-refractivity contribution >= 4 is 27.3 Å². The fourth-order valence-corrected chi connectivity index (χ4v) is 4.32. The third-order valence-electron chi connectivity index (χ3n) is 4.33. The van der Waals surface area contributed by atoms with E-state index in [4.69, 9.17) is 16.0 Å². The molecule has 1 heterocycles. The molecule has 1 N–H and O–H groups in total. The van der Waals surface area contributed by atoms with Crippen molar-refractivity contribution < 1.29 is 12.8 Å². The highest BCUT2D eigenvalue weighted by atomic mass is 35.5. The van der Waals surface area contributed by atoms with Crippen LogP contribution in [-0.4, -0.2) is 13.4 Å². The molecule has 1 aromatic heterocycles. The predicted octanol–water partition coefficient (Wildman–Crippen LogP) is 4.98. The number of oxazole rings is 1. The molecule has 26 heavy (non-hydrogen) atoms. The van der Waals surface area contributed by atoms with Crippen molar-refractivity contribution in [1.82, 2.24) is 4.98 Å². The lowest BCUT2D eigenvalue weighted by Gasteiger charge is -2.12. The summed E-state index contributed by atoms with van der Waals surface area (Å²) in [5.41, 5.74) is 1.65. The second kappa shape index (κ2) is 6.45. The Balaban J connectivity index is 1.69. The number of hydrogen-bond donors (Lipinski definition) is 1. The zero-order chi connectivity index (χ0) is 18.3. The van der Waals surface area contributed by atoms with Gasteiger partial charge in [0, 0.05) is 11.5 Å². The van der Waals surface area contributed by atoms with Crippen molar-refractivity contribution in [3.8, 4) is 11.3 Å². The van der Waals surface area contributed by atoms with Gasteiger partial charge in [-0.2, -0.15) is 0 Å². The van der Waals surface area contributed by atoms with Crippen LogP contribution < -0.4 is 4.72 Å². The Labute approximate surface area is 157 Å². The van der Waals surface area contributed by atoms with Crippen molar-refractivity contribution in [1.29, 1.82) is 0 Å². The second-order valence-electron chi connectivity index (χ2n) is 6.40. The molecule has 3 aromatic rings. The van der Waals surface area contributed by atoms with Crippen molar-refractivity contribution in [3.63, 3.8) is 0 Å². The lowest BCUT2D eigenvalue weighted by molar-refractivity contribution is 0.509. The van der Waals surface area contributed by atoms with Crippen LogP contribution in [0.1, 0.15) is 30.2 Å². The van der Waals surface area contributed by atoms with Crippen LogP contribution in [0.3, 0.4) is 0 Å². The van der Waals surface area contributed by atoms with E-state index in [9.17, 15) is 8.42 Å². The molecular weight excluding hydrogens is 372 g/mol. The minimum absolute atomic E-state index is 0.180. The van der Waals surface area contributed by atoms with Crippen LogP contribution in [0, 0.1) is 6.92 Å². The summed E-state index contributed by atoms with van der Waals surface area (Å²) >= 11 is 6.07. The molecule has 1 fully saturated rings. The molecule has 134 valence electrons. The summed E-state index contributed by atoms with van der Waals surface area (Å²) in [5.74, 6) is 1.69. The molecule has 2 aromatic carbocycles. The number of rotatable bonds is 5. The highest BCUT2D eigenvalue weighted by molar-refractivity contribution is 7.92.